The lowest BCUT2D eigenvalue weighted by atomic mass is 10.2. The van der Waals surface area contributed by atoms with Crippen molar-refractivity contribution in [2.45, 2.75) is 0 Å². The van der Waals surface area contributed by atoms with Crippen molar-refractivity contribution < 1.29 is 9.32 Å². The summed E-state index contributed by atoms with van der Waals surface area (Å²) in [6.45, 7) is 0. The van der Waals surface area contributed by atoms with E-state index >= 15 is 0 Å². The Kier molecular flexibility index (Phi) is 2.65. The molecular weight excluding hydrogens is 206 g/mol. The van der Waals surface area contributed by atoms with Gasteiger partial charge >= 0.3 is 0 Å². The van der Waals surface area contributed by atoms with E-state index < -0.39 is 0 Å². The number of amides is 1. The molecule has 0 unspecified atom stereocenters. The number of rotatable bonds is 2. The van der Waals surface area contributed by atoms with Crippen LogP contribution in [0.3, 0.4) is 0 Å². The molecule has 1 aromatic heterocycles. The van der Waals surface area contributed by atoms with Gasteiger partial charge in [-0.15, -0.1) is 0 Å². The van der Waals surface area contributed by atoms with Crippen LogP contribution in [-0.2, 0) is 0 Å². The molecule has 1 aromatic carbocycles. The highest BCUT2D eigenvalue weighted by atomic mass is 16.5. The summed E-state index contributed by atoms with van der Waals surface area (Å²) in [7, 11) is 0. The number of carbonyl (C=O) groups excluding carboxylic acids is 1. The molecule has 1 N–H and O–H groups in total. The third kappa shape index (κ3) is 2.07. The Balaban J connectivity index is 2.10. The van der Waals surface area contributed by atoms with Crippen molar-refractivity contribution in [3.8, 4) is 6.07 Å². The Morgan fingerprint density at radius 2 is 2.06 bits per heavy atom. The predicted octanol–water partition coefficient (Wildman–Crippen LogP) is 1.80. The van der Waals surface area contributed by atoms with E-state index in [1.54, 1.807) is 24.3 Å². The largest absolute Gasteiger partial charge is 0.364 e. The summed E-state index contributed by atoms with van der Waals surface area (Å²) < 4.78 is 4.56. The van der Waals surface area contributed by atoms with E-state index in [4.69, 9.17) is 5.26 Å². The summed E-state index contributed by atoms with van der Waals surface area (Å²) in [4.78, 5) is 11.5. The number of hydrogen-bond acceptors (Lipinski definition) is 4. The molecule has 78 valence electrons. The first-order chi connectivity index (χ1) is 7.79. The van der Waals surface area contributed by atoms with Crippen LogP contribution in [0.15, 0.2) is 41.1 Å². The van der Waals surface area contributed by atoms with Gasteiger partial charge in [-0.1, -0.05) is 5.16 Å². The van der Waals surface area contributed by atoms with Gasteiger partial charge in [0.05, 0.1) is 11.6 Å². The third-order valence-corrected chi connectivity index (χ3v) is 1.94. The molecule has 0 atom stereocenters. The normalized spacial score (nSPS) is 9.44. The Bertz CT molecular complexity index is 523. The van der Waals surface area contributed by atoms with Crippen LogP contribution in [-0.4, -0.2) is 11.1 Å². The Morgan fingerprint density at radius 3 is 2.62 bits per heavy atom. The van der Waals surface area contributed by atoms with E-state index in [9.17, 15) is 4.79 Å². The average Bonchev–Trinajstić information content (AvgIpc) is 2.83. The van der Waals surface area contributed by atoms with E-state index in [-0.39, 0.29) is 11.6 Å². The molecule has 0 fully saturated rings. The van der Waals surface area contributed by atoms with E-state index in [1.165, 1.54) is 12.3 Å². The number of carbonyl (C=O) groups is 1. The molecule has 1 heterocycles. The zero-order chi connectivity index (χ0) is 11.4. The molecule has 0 saturated carbocycles. The number of anilines is 1. The predicted molar refractivity (Wildman–Crippen MR) is 55.6 cm³/mol. The second-order valence-electron chi connectivity index (χ2n) is 3.03. The third-order valence-electron chi connectivity index (χ3n) is 1.94. The number of hydrogen-bond donors (Lipinski definition) is 1. The van der Waals surface area contributed by atoms with Crippen molar-refractivity contribution in [1.82, 2.24) is 5.16 Å². The number of nitrogens with one attached hydrogen (secondary N) is 1. The monoisotopic (exact) mass is 213 g/mol. The van der Waals surface area contributed by atoms with Crippen LogP contribution < -0.4 is 5.32 Å². The van der Waals surface area contributed by atoms with Crippen LogP contribution in [0.1, 0.15) is 16.1 Å². The smallest absolute Gasteiger partial charge is 0.277 e. The summed E-state index contributed by atoms with van der Waals surface area (Å²) in [6.07, 6.45) is 1.33. The second-order valence-corrected chi connectivity index (χ2v) is 3.03. The van der Waals surface area contributed by atoms with Crippen LogP contribution in [0.5, 0.6) is 0 Å². The topological polar surface area (TPSA) is 78.9 Å². The molecule has 5 heteroatoms. The molecular formula is C11H7N3O2. The van der Waals surface area contributed by atoms with Gasteiger partial charge in [0.15, 0.2) is 5.69 Å². The number of nitriles is 1. The molecule has 16 heavy (non-hydrogen) atoms. The van der Waals surface area contributed by atoms with E-state index in [0.29, 0.717) is 11.3 Å². The quantitative estimate of drug-likeness (QED) is 0.824. The highest BCUT2D eigenvalue weighted by Gasteiger charge is 2.08. The molecule has 0 aliphatic carbocycles. The summed E-state index contributed by atoms with van der Waals surface area (Å²) in [5.41, 5.74) is 1.36. The van der Waals surface area contributed by atoms with Crippen LogP contribution in [0.4, 0.5) is 5.69 Å². The van der Waals surface area contributed by atoms with Crippen LogP contribution in [0, 0.1) is 11.3 Å². The maximum Gasteiger partial charge on any atom is 0.277 e. The minimum Gasteiger partial charge on any atom is -0.364 e. The molecule has 0 aliphatic heterocycles. The molecule has 0 aliphatic rings. The van der Waals surface area contributed by atoms with Gasteiger partial charge in [0.1, 0.15) is 6.26 Å². The van der Waals surface area contributed by atoms with Gasteiger partial charge in [0, 0.05) is 11.8 Å². The molecule has 1 amide bonds. The molecule has 5 nitrogen and oxygen atoms in total. The average molecular weight is 213 g/mol. The molecule has 2 rings (SSSR count). The van der Waals surface area contributed by atoms with Gasteiger partial charge in [0.25, 0.3) is 5.91 Å². The first-order valence-electron chi connectivity index (χ1n) is 4.51. The fourth-order valence-electron chi connectivity index (χ4n) is 1.15. The van der Waals surface area contributed by atoms with Crippen molar-refractivity contribution in [3.63, 3.8) is 0 Å². The molecule has 2 aromatic rings. The molecule has 0 saturated heterocycles. The van der Waals surface area contributed by atoms with Crippen molar-refractivity contribution in [2.24, 2.45) is 0 Å². The minimum absolute atomic E-state index is 0.212. The first-order valence-corrected chi connectivity index (χ1v) is 4.51. The lowest BCUT2D eigenvalue weighted by Gasteiger charge is -2.01. The highest BCUT2D eigenvalue weighted by Crippen LogP contribution is 2.10. The SMILES string of the molecule is N#Cc1ccc(NC(=O)c2ccon2)cc1. The van der Waals surface area contributed by atoms with Gasteiger partial charge in [-0.2, -0.15) is 5.26 Å². The lowest BCUT2D eigenvalue weighted by molar-refractivity contribution is 0.101. The lowest BCUT2D eigenvalue weighted by Crippen LogP contribution is -2.11. The summed E-state index contributed by atoms with van der Waals surface area (Å²) in [5.74, 6) is -0.349. The van der Waals surface area contributed by atoms with Gasteiger partial charge in [-0.3, -0.25) is 4.79 Å². The van der Waals surface area contributed by atoms with E-state index in [0.717, 1.165) is 0 Å². The van der Waals surface area contributed by atoms with Crippen LogP contribution >= 0.6 is 0 Å². The Morgan fingerprint density at radius 1 is 1.31 bits per heavy atom. The minimum atomic E-state index is -0.349. The second kappa shape index (κ2) is 4.28. The zero-order valence-electron chi connectivity index (χ0n) is 8.18. The van der Waals surface area contributed by atoms with Crippen molar-refractivity contribution in [1.29, 1.82) is 5.26 Å². The highest BCUT2D eigenvalue weighted by molar-refractivity contribution is 6.02. The Hall–Kier alpha value is -2.61. The zero-order valence-corrected chi connectivity index (χ0v) is 8.18. The van der Waals surface area contributed by atoms with Gasteiger partial charge in [-0.25, -0.2) is 0 Å². The molecule has 0 bridgehead atoms. The van der Waals surface area contributed by atoms with Crippen LogP contribution in [0.2, 0.25) is 0 Å². The van der Waals surface area contributed by atoms with Crippen molar-refractivity contribution in [3.05, 3.63) is 47.9 Å². The fraction of sp³-hybridized carbons (Fsp3) is 0. The maximum absolute atomic E-state index is 11.5. The van der Waals surface area contributed by atoms with Gasteiger partial charge in [0.2, 0.25) is 0 Å². The summed E-state index contributed by atoms with van der Waals surface area (Å²) >= 11 is 0. The summed E-state index contributed by atoms with van der Waals surface area (Å²) in [5, 5.41) is 14.7. The van der Waals surface area contributed by atoms with Gasteiger partial charge in [-0.05, 0) is 24.3 Å². The van der Waals surface area contributed by atoms with E-state index in [1.807, 2.05) is 6.07 Å². The molecule has 0 spiro atoms. The Labute approximate surface area is 91.3 Å². The molecule has 0 radical (unpaired) electrons. The standard InChI is InChI=1S/C11H7N3O2/c12-7-8-1-3-9(4-2-8)13-11(15)10-5-6-16-14-10/h1-6H,(H,13,15). The number of aromatic nitrogens is 1. The number of nitrogens with zero attached hydrogens (tertiary/aromatic N) is 2. The van der Waals surface area contributed by atoms with Crippen LogP contribution in [0.25, 0.3) is 0 Å². The maximum atomic E-state index is 11.5. The van der Waals surface area contributed by atoms with E-state index in [2.05, 4.69) is 15.0 Å². The number of benzene rings is 1. The summed E-state index contributed by atoms with van der Waals surface area (Å²) in [6, 6.07) is 10.0. The van der Waals surface area contributed by atoms with Crippen molar-refractivity contribution in [2.75, 3.05) is 5.32 Å². The first kappa shape index (κ1) is 9.93. The van der Waals surface area contributed by atoms with Gasteiger partial charge < -0.3 is 9.84 Å². The fourth-order valence-corrected chi connectivity index (χ4v) is 1.15. The van der Waals surface area contributed by atoms with Crippen molar-refractivity contribution >= 4 is 11.6 Å².